The van der Waals surface area contributed by atoms with E-state index in [9.17, 15) is 0 Å². The molecule has 9 heavy (non-hydrogen) atoms. The van der Waals surface area contributed by atoms with E-state index in [1.165, 1.54) is 11.1 Å². The molecule has 1 rings (SSSR count). The number of aromatic nitrogens is 1. The quantitative estimate of drug-likeness (QED) is 0.550. The zero-order valence-corrected chi connectivity index (χ0v) is 5.81. The Balaban J connectivity index is 3.01. The van der Waals surface area contributed by atoms with Crippen LogP contribution < -0.4 is 0 Å². The molecule has 0 fully saturated rings. The monoisotopic (exact) mass is 120 g/mol. The van der Waals surface area contributed by atoms with Crippen LogP contribution in [0.1, 0.15) is 18.1 Å². The van der Waals surface area contributed by atoms with Crippen LogP contribution in [0.3, 0.4) is 0 Å². The van der Waals surface area contributed by atoms with Crippen molar-refractivity contribution >= 4 is 0 Å². The maximum absolute atomic E-state index is 3.89. The van der Waals surface area contributed by atoms with Gasteiger partial charge in [0.2, 0.25) is 0 Å². The summed E-state index contributed by atoms with van der Waals surface area (Å²) < 4.78 is 0. The molecule has 0 saturated carbocycles. The molecule has 0 spiro atoms. The molecule has 0 bridgehead atoms. The van der Waals surface area contributed by atoms with Crippen LogP contribution in [-0.2, 0) is 6.42 Å². The second kappa shape index (κ2) is 2.62. The highest BCUT2D eigenvalue weighted by molar-refractivity contribution is 5.19. The van der Waals surface area contributed by atoms with Gasteiger partial charge in [0.25, 0.3) is 0 Å². The summed E-state index contributed by atoms with van der Waals surface area (Å²) in [7, 11) is 0. The zero-order chi connectivity index (χ0) is 6.69. The summed E-state index contributed by atoms with van der Waals surface area (Å²) in [4.78, 5) is 3.89. The highest BCUT2D eigenvalue weighted by Crippen LogP contribution is 2.03. The Morgan fingerprint density at radius 3 is 2.89 bits per heavy atom. The van der Waals surface area contributed by atoms with E-state index in [-0.39, 0.29) is 0 Å². The molecule has 0 aliphatic rings. The molecule has 0 amide bonds. The molecule has 1 nitrogen and oxygen atoms in total. The van der Waals surface area contributed by atoms with Gasteiger partial charge in [-0.25, -0.2) is 0 Å². The van der Waals surface area contributed by atoms with E-state index in [2.05, 4.69) is 25.0 Å². The number of pyridine rings is 1. The standard InChI is InChI=1S/C8H10N/c1-3-8-6-9-5-4-7(8)2/h4-5H,3H2,1-2H3. The van der Waals surface area contributed by atoms with Crippen molar-refractivity contribution in [2.45, 2.75) is 20.3 Å². The van der Waals surface area contributed by atoms with Gasteiger partial charge < -0.3 is 0 Å². The van der Waals surface area contributed by atoms with Crippen molar-refractivity contribution < 1.29 is 0 Å². The molecule has 0 aliphatic heterocycles. The first-order valence-corrected chi connectivity index (χ1v) is 3.16. The fourth-order valence-corrected chi connectivity index (χ4v) is 0.811. The molecule has 0 aromatic carbocycles. The van der Waals surface area contributed by atoms with Crippen molar-refractivity contribution in [3.05, 3.63) is 29.6 Å². The van der Waals surface area contributed by atoms with Gasteiger partial charge in [0.1, 0.15) is 0 Å². The Kier molecular flexibility index (Phi) is 1.83. The van der Waals surface area contributed by atoms with Gasteiger partial charge in [-0.2, -0.15) is 0 Å². The predicted molar refractivity (Wildman–Crippen MR) is 37.2 cm³/mol. The highest BCUT2D eigenvalue weighted by atomic mass is 14.6. The second-order valence-electron chi connectivity index (χ2n) is 2.07. The molecule has 0 aliphatic carbocycles. The molecule has 1 aromatic heterocycles. The van der Waals surface area contributed by atoms with E-state index in [1.807, 2.05) is 6.07 Å². The number of nitrogens with zero attached hydrogens (tertiary/aromatic N) is 1. The smallest absolute Gasteiger partial charge is 0.0923 e. The van der Waals surface area contributed by atoms with Crippen molar-refractivity contribution in [1.29, 1.82) is 0 Å². The van der Waals surface area contributed by atoms with E-state index < -0.39 is 0 Å². The fourth-order valence-electron chi connectivity index (χ4n) is 0.811. The Hall–Kier alpha value is -0.850. The van der Waals surface area contributed by atoms with Crippen molar-refractivity contribution in [1.82, 2.24) is 4.98 Å². The minimum atomic E-state index is 1.03. The number of hydrogen-bond donors (Lipinski definition) is 0. The molecule has 1 aromatic rings. The first-order valence-electron chi connectivity index (χ1n) is 3.16. The van der Waals surface area contributed by atoms with Gasteiger partial charge in [-0.1, -0.05) is 6.92 Å². The van der Waals surface area contributed by atoms with Crippen LogP contribution in [0.15, 0.2) is 12.3 Å². The van der Waals surface area contributed by atoms with Crippen LogP contribution in [0, 0.1) is 13.1 Å². The molecule has 0 atom stereocenters. The van der Waals surface area contributed by atoms with Crippen LogP contribution >= 0.6 is 0 Å². The van der Waals surface area contributed by atoms with Gasteiger partial charge in [-0.05, 0) is 30.5 Å². The molecule has 0 saturated heterocycles. The average Bonchev–Trinajstić information content (AvgIpc) is 1.89. The van der Waals surface area contributed by atoms with Gasteiger partial charge in [0, 0.05) is 6.20 Å². The first kappa shape index (κ1) is 6.27. The molecule has 47 valence electrons. The molecular weight excluding hydrogens is 110 g/mol. The zero-order valence-electron chi connectivity index (χ0n) is 5.81. The lowest BCUT2D eigenvalue weighted by molar-refractivity contribution is 1.07. The van der Waals surface area contributed by atoms with Crippen molar-refractivity contribution in [2.75, 3.05) is 0 Å². The highest BCUT2D eigenvalue weighted by Gasteiger charge is 1.91. The molecule has 1 heteroatoms. The lowest BCUT2D eigenvalue weighted by Crippen LogP contribution is -1.86. The fraction of sp³-hybridized carbons (Fsp3) is 0.375. The lowest BCUT2D eigenvalue weighted by Gasteiger charge is -1.96. The van der Waals surface area contributed by atoms with Crippen LogP contribution in [0.2, 0.25) is 0 Å². The van der Waals surface area contributed by atoms with Crippen molar-refractivity contribution in [2.24, 2.45) is 0 Å². The minimum absolute atomic E-state index is 1.03. The van der Waals surface area contributed by atoms with E-state index in [0.29, 0.717) is 0 Å². The summed E-state index contributed by atoms with van der Waals surface area (Å²) in [6.07, 6.45) is 5.74. The van der Waals surface area contributed by atoms with E-state index >= 15 is 0 Å². The largest absolute Gasteiger partial charge is 0.254 e. The summed E-state index contributed by atoms with van der Waals surface area (Å²) >= 11 is 0. The summed E-state index contributed by atoms with van der Waals surface area (Å²) in [6.45, 7) is 4.19. The molecule has 0 unspecified atom stereocenters. The maximum atomic E-state index is 3.89. The Labute approximate surface area is 55.7 Å². The topological polar surface area (TPSA) is 12.9 Å². The van der Waals surface area contributed by atoms with E-state index in [1.54, 1.807) is 6.20 Å². The van der Waals surface area contributed by atoms with Crippen molar-refractivity contribution in [3.8, 4) is 0 Å². The van der Waals surface area contributed by atoms with Gasteiger partial charge in [0.05, 0.1) is 6.20 Å². The molecule has 1 heterocycles. The van der Waals surface area contributed by atoms with Crippen LogP contribution in [0.25, 0.3) is 0 Å². The first-order chi connectivity index (χ1) is 4.34. The van der Waals surface area contributed by atoms with E-state index in [4.69, 9.17) is 0 Å². The van der Waals surface area contributed by atoms with Gasteiger partial charge in [0.15, 0.2) is 0 Å². The Morgan fingerprint density at radius 1 is 1.67 bits per heavy atom. The third-order valence-corrected chi connectivity index (χ3v) is 1.43. The Bertz CT molecular complexity index is 194. The number of aryl methyl sites for hydroxylation is 2. The second-order valence-corrected chi connectivity index (χ2v) is 2.07. The normalized spacial score (nSPS) is 9.56. The summed E-state index contributed by atoms with van der Waals surface area (Å²) in [5.41, 5.74) is 2.50. The minimum Gasteiger partial charge on any atom is -0.254 e. The van der Waals surface area contributed by atoms with Crippen LogP contribution in [-0.4, -0.2) is 4.98 Å². The molecule has 0 N–H and O–H groups in total. The van der Waals surface area contributed by atoms with Crippen molar-refractivity contribution in [3.63, 3.8) is 0 Å². The molecule has 1 radical (unpaired) electrons. The van der Waals surface area contributed by atoms with Gasteiger partial charge in [-0.3, -0.25) is 4.98 Å². The van der Waals surface area contributed by atoms with E-state index in [0.717, 1.165) is 6.42 Å². The summed E-state index contributed by atoms with van der Waals surface area (Å²) in [6, 6.07) is 2.01. The number of hydrogen-bond acceptors (Lipinski definition) is 1. The third kappa shape index (κ3) is 1.28. The Morgan fingerprint density at radius 2 is 2.44 bits per heavy atom. The van der Waals surface area contributed by atoms with Gasteiger partial charge in [-0.15, -0.1) is 0 Å². The third-order valence-electron chi connectivity index (χ3n) is 1.43. The predicted octanol–water partition coefficient (Wildman–Crippen LogP) is 1.75. The maximum Gasteiger partial charge on any atom is 0.0923 e. The summed E-state index contributed by atoms with van der Waals surface area (Å²) in [5.74, 6) is 0. The number of rotatable bonds is 1. The summed E-state index contributed by atoms with van der Waals surface area (Å²) in [5, 5.41) is 0. The SMILES string of the molecule is CCc1[c]nccc1C. The van der Waals surface area contributed by atoms with Gasteiger partial charge >= 0.3 is 0 Å². The van der Waals surface area contributed by atoms with Crippen LogP contribution in [0.4, 0.5) is 0 Å². The molecular formula is C8H10N. The lowest BCUT2D eigenvalue weighted by atomic mass is 10.1. The van der Waals surface area contributed by atoms with Crippen LogP contribution in [0.5, 0.6) is 0 Å². The average molecular weight is 120 g/mol.